The van der Waals surface area contributed by atoms with E-state index in [-0.39, 0.29) is 0 Å². The van der Waals surface area contributed by atoms with E-state index in [1.807, 2.05) is 0 Å². The molecule has 0 spiro atoms. The van der Waals surface area contributed by atoms with Crippen LogP contribution in [0.5, 0.6) is 0 Å². The summed E-state index contributed by atoms with van der Waals surface area (Å²) in [6, 6.07) is 0. The van der Waals surface area contributed by atoms with E-state index in [9.17, 15) is 0 Å². The highest BCUT2D eigenvalue weighted by Crippen LogP contribution is 2.18. The molecule has 0 bridgehead atoms. The van der Waals surface area contributed by atoms with Crippen molar-refractivity contribution in [3.8, 4) is 0 Å². The van der Waals surface area contributed by atoms with Gasteiger partial charge in [-0.3, -0.25) is 0 Å². The standard InChI is InChI=1S/C7H16B/c1-5-6(2)7(3)8-4/h6-7H,5H2,1-4H3. The lowest BCUT2D eigenvalue weighted by molar-refractivity contribution is 0.540. The zero-order valence-corrected chi connectivity index (χ0v) is 6.44. The van der Waals surface area contributed by atoms with Gasteiger partial charge in [0, 0.05) is 0 Å². The Labute approximate surface area is 53.9 Å². The molecule has 0 aliphatic carbocycles. The smallest absolute Gasteiger partial charge is 0.0917 e. The molecule has 0 aromatic rings. The average molecular weight is 111 g/mol. The Morgan fingerprint density at radius 3 is 2.00 bits per heavy atom. The SMILES string of the molecule is C[B]C(C)C(C)CC. The molecule has 1 heteroatoms. The van der Waals surface area contributed by atoms with E-state index in [1.165, 1.54) is 6.42 Å². The van der Waals surface area contributed by atoms with Crippen molar-refractivity contribution in [2.75, 3.05) is 0 Å². The monoisotopic (exact) mass is 111 g/mol. The quantitative estimate of drug-likeness (QED) is 0.491. The van der Waals surface area contributed by atoms with Gasteiger partial charge in [0.05, 0.1) is 0 Å². The van der Waals surface area contributed by atoms with E-state index in [0.717, 1.165) is 11.7 Å². The summed E-state index contributed by atoms with van der Waals surface area (Å²) < 4.78 is 0. The van der Waals surface area contributed by atoms with Crippen molar-refractivity contribution in [2.24, 2.45) is 5.92 Å². The minimum absolute atomic E-state index is 0.792. The zero-order valence-electron chi connectivity index (χ0n) is 6.44. The number of hydrogen-bond acceptors (Lipinski definition) is 0. The molecule has 0 heterocycles. The molecule has 1 radical (unpaired) electrons. The highest BCUT2D eigenvalue weighted by molar-refractivity contribution is 6.35. The van der Waals surface area contributed by atoms with E-state index in [4.69, 9.17) is 0 Å². The second-order valence-electron chi connectivity index (χ2n) is 2.58. The Bertz CT molecular complexity index is 44.3. The maximum Gasteiger partial charge on any atom is 0.110 e. The lowest BCUT2D eigenvalue weighted by Crippen LogP contribution is -2.05. The summed E-state index contributed by atoms with van der Waals surface area (Å²) in [5.41, 5.74) is 0. The topological polar surface area (TPSA) is 0 Å². The summed E-state index contributed by atoms with van der Waals surface area (Å²) in [5, 5.41) is 0. The van der Waals surface area contributed by atoms with Gasteiger partial charge in [-0.1, -0.05) is 39.8 Å². The second-order valence-corrected chi connectivity index (χ2v) is 2.58. The first kappa shape index (κ1) is 8.06. The van der Waals surface area contributed by atoms with Crippen molar-refractivity contribution in [1.29, 1.82) is 0 Å². The first-order chi connectivity index (χ1) is 3.72. The van der Waals surface area contributed by atoms with Crippen LogP contribution in [0.15, 0.2) is 0 Å². The van der Waals surface area contributed by atoms with Crippen molar-refractivity contribution >= 4 is 7.28 Å². The Hall–Kier alpha value is 0.0649. The Morgan fingerprint density at radius 1 is 1.38 bits per heavy atom. The van der Waals surface area contributed by atoms with Gasteiger partial charge in [0.1, 0.15) is 7.28 Å². The summed E-state index contributed by atoms with van der Waals surface area (Å²) >= 11 is 0. The van der Waals surface area contributed by atoms with Crippen LogP contribution >= 0.6 is 0 Å². The fourth-order valence-electron chi connectivity index (χ4n) is 0.700. The van der Waals surface area contributed by atoms with Crippen LogP contribution in [0.25, 0.3) is 0 Å². The van der Waals surface area contributed by atoms with Gasteiger partial charge in [0.15, 0.2) is 0 Å². The molecule has 2 atom stereocenters. The third-order valence-corrected chi connectivity index (χ3v) is 2.07. The van der Waals surface area contributed by atoms with Gasteiger partial charge in [-0.2, -0.15) is 0 Å². The molecule has 0 saturated carbocycles. The minimum Gasteiger partial charge on any atom is -0.0917 e. The average Bonchev–Trinajstić information content (AvgIpc) is 1.84. The van der Waals surface area contributed by atoms with Crippen LogP contribution in [0.4, 0.5) is 0 Å². The summed E-state index contributed by atoms with van der Waals surface area (Å²) in [6.45, 7) is 8.94. The van der Waals surface area contributed by atoms with Crippen LogP contribution in [0.2, 0.25) is 12.6 Å². The van der Waals surface area contributed by atoms with Crippen LogP contribution in [-0.2, 0) is 0 Å². The van der Waals surface area contributed by atoms with E-state index >= 15 is 0 Å². The van der Waals surface area contributed by atoms with Crippen LogP contribution in [-0.4, -0.2) is 7.28 Å². The molecule has 0 fully saturated rings. The predicted octanol–water partition coefficient (Wildman–Crippen LogP) is 2.59. The van der Waals surface area contributed by atoms with Gasteiger partial charge in [-0.05, 0) is 5.92 Å². The Morgan fingerprint density at radius 2 is 1.88 bits per heavy atom. The van der Waals surface area contributed by atoms with Gasteiger partial charge in [-0.15, -0.1) is 0 Å². The summed E-state index contributed by atoms with van der Waals surface area (Å²) in [4.78, 5) is 0. The number of hydrogen-bond donors (Lipinski definition) is 0. The summed E-state index contributed by atoms with van der Waals surface area (Å²) in [6.07, 6.45) is 1.30. The van der Waals surface area contributed by atoms with Gasteiger partial charge in [0.2, 0.25) is 0 Å². The van der Waals surface area contributed by atoms with Crippen LogP contribution in [0.1, 0.15) is 27.2 Å². The lowest BCUT2D eigenvalue weighted by atomic mass is 9.62. The maximum absolute atomic E-state index is 2.30. The molecule has 0 rings (SSSR count). The van der Waals surface area contributed by atoms with E-state index in [2.05, 4.69) is 34.9 Å². The molecule has 0 saturated heterocycles. The van der Waals surface area contributed by atoms with Crippen molar-refractivity contribution < 1.29 is 0 Å². The normalized spacial score (nSPS) is 17.5. The molecular weight excluding hydrogens is 94.9 g/mol. The van der Waals surface area contributed by atoms with Gasteiger partial charge in [0.25, 0.3) is 0 Å². The maximum atomic E-state index is 2.30. The van der Waals surface area contributed by atoms with Crippen LogP contribution in [0.3, 0.4) is 0 Å². The van der Waals surface area contributed by atoms with Gasteiger partial charge < -0.3 is 0 Å². The predicted molar refractivity (Wildman–Crippen MR) is 40.5 cm³/mol. The van der Waals surface area contributed by atoms with Gasteiger partial charge in [-0.25, -0.2) is 0 Å². The van der Waals surface area contributed by atoms with Gasteiger partial charge >= 0.3 is 0 Å². The van der Waals surface area contributed by atoms with Crippen LogP contribution in [0, 0.1) is 5.92 Å². The first-order valence-electron chi connectivity index (χ1n) is 3.51. The van der Waals surface area contributed by atoms with Crippen molar-refractivity contribution in [2.45, 2.75) is 39.8 Å². The summed E-state index contributed by atoms with van der Waals surface area (Å²) in [5.74, 6) is 1.65. The van der Waals surface area contributed by atoms with E-state index in [1.54, 1.807) is 0 Å². The molecule has 0 amide bonds. The summed E-state index contributed by atoms with van der Waals surface area (Å²) in [7, 11) is 2.27. The third-order valence-electron chi connectivity index (χ3n) is 2.07. The number of rotatable bonds is 3. The van der Waals surface area contributed by atoms with Crippen LogP contribution < -0.4 is 0 Å². The molecule has 0 aromatic heterocycles. The van der Waals surface area contributed by atoms with E-state index < -0.39 is 0 Å². The molecule has 0 nitrogen and oxygen atoms in total. The molecule has 8 heavy (non-hydrogen) atoms. The minimum atomic E-state index is 0.792. The Balaban J connectivity index is 3.29. The van der Waals surface area contributed by atoms with E-state index in [0.29, 0.717) is 0 Å². The molecule has 0 N–H and O–H groups in total. The highest BCUT2D eigenvalue weighted by atomic mass is 14.0. The third kappa shape index (κ3) is 2.39. The zero-order chi connectivity index (χ0) is 6.57. The fourth-order valence-corrected chi connectivity index (χ4v) is 0.700. The Kier molecular flexibility index (Phi) is 4.03. The fraction of sp³-hybridized carbons (Fsp3) is 1.00. The lowest BCUT2D eigenvalue weighted by Gasteiger charge is -2.14. The molecule has 0 aliphatic rings. The largest absolute Gasteiger partial charge is 0.110 e. The van der Waals surface area contributed by atoms with Crippen molar-refractivity contribution in [1.82, 2.24) is 0 Å². The first-order valence-corrected chi connectivity index (χ1v) is 3.51. The molecule has 0 aromatic carbocycles. The molecule has 2 unspecified atom stereocenters. The van der Waals surface area contributed by atoms with Crippen molar-refractivity contribution in [3.63, 3.8) is 0 Å². The second kappa shape index (κ2) is 4.00. The molecule has 47 valence electrons. The van der Waals surface area contributed by atoms with Crippen molar-refractivity contribution in [3.05, 3.63) is 0 Å². The molecule has 0 aliphatic heterocycles. The molecular formula is C7H16B. The highest BCUT2D eigenvalue weighted by Gasteiger charge is 2.06.